The van der Waals surface area contributed by atoms with E-state index in [4.69, 9.17) is 9.15 Å². The van der Waals surface area contributed by atoms with E-state index in [2.05, 4.69) is 10.4 Å². The van der Waals surface area contributed by atoms with Crippen LogP contribution in [0.2, 0.25) is 0 Å². The number of ether oxygens (including phenoxy) is 1. The second kappa shape index (κ2) is 8.15. The Bertz CT molecular complexity index is 856. The number of aromatic nitrogens is 2. The molecular formula is C19H19N3O4. The molecule has 0 aliphatic carbocycles. The van der Waals surface area contributed by atoms with Gasteiger partial charge in [0, 0.05) is 12.4 Å². The van der Waals surface area contributed by atoms with Gasteiger partial charge in [-0.1, -0.05) is 30.3 Å². The molecule has 0 aliphatic rings. The van der Waals surface area contributed by atoms with Gasteiger partial charge in [0.05, 0.1) is 12.6 Å². The van der Waals surface area contributed by atoms with Crippen LogP contribution in [0.3, 0.4) is 0 Å². The highest BCUT2D eigenvalue weighted by Crippen LogP contribution is 2.12. The van der Waals surface area contributed by atoms with E-state index in [1.165, 1.54) is 6.07 Å². The molecule has 3 rings (SSSR count). The Labute approximate surface area is 150 Å². The third kappa shape index (κ3) is 4.60. The van der Waals surface area contributed by atoms with Crippen LogP contribution >= 0.6 is 0 Å². The van der Waals surface area contributed by atoms with Crippen LogP contribution in [0.15, 0.2) is 65.3 Å². The minimum absolute atomic E-state index is 0.0519. The maximum absolute atomic E-state index is 12.0. The predicted octanol–water partition coefficient (Wildman–Crippen LogP) is 2.56. The molecular weight excluding hydrogens is 334 g/mol. The second-order valence-electron chi connectivity index (χ2n) is 5.75. The number of rotatable bonds is 7. The number of furan rings is 1. The summed E-state index contributed by atoms with van der Waals surface area (Å²) in [6.07, 6.45) is 3.45. The fourth-order valence-electron chi connectivity index (χ4n) is 2.44. The number of carbonyl (C=O) groups excluding carboxylic acids is 2. The van der Waals surface area contributed by atoms with E-state index < -0.39 is 5.97 Å². The van der Waals surface area contributed by atoms with Crippen molar-refractivity contribution >= 4 is 11.9 Å². The minimum atomic E-state index is -0.681. The van der Waals surface area contributed by atoms with Gasteiger partial charge < -0.3 is 14.5 Å². The van der Waals surface area contributed by atoms with Crippen LogP contribution in [0.4, 0.5) is 0 Å². The van der Waals surface area contributed by atoms with Crippen LogP contribution in [0, 0.1) is 0 Å². The second-order valence-corrected chi connectivity index (χ2v) is 5.75. The fraction of sp³-hybridized carbons (Fsp3) is 0.211. The first-order valence-electron chi connectivity index (χ1n) is 8.19. The summed E-state index contributed by atoms with van der Waals surface area (Å²) in [6, 6.07) is 14.4. The van der Waals surface area contributed by atoms with Crippen molar-refractivity contribution in [3.63, 3.8) is 0 Å². The van der Waals surface area contributed by atoms with Gasteiger partial charge in [0.25, 0.3) is 5.91 Å². The van der Waals surface area contributed by atoms with Gasteiger partial charge in [-0.05, 0) is 30.7 Å². The molecule has 134 valence electrons. The zero-order chi connectivity index (χ0) is 18.4. The lowest BCUT2D eigenvalue weighted by Gasteiger charge is -2.14. The zero-order valence-corrected chi connectivity index (χ0v) is 14.3. The predicted molar refractivity (Wildman–Crippen MR) is 93.3 cm³/mol. The van der Waals surface area contributed by atoms with Crippen molar-refractivity contribution in [3.05, 3.63) is 78.0 Å². The Balaban J connectivity index is 1.47. The summed E-state index contributed by atoms with van der Waals surface area (Å²) < 4.78 is 12.1. The SMILES string of the molecule is CC(NC(=O)COC(=O)c1ccc(Cn2cccn2)o1)c1ccccc1. The molecule has 2 aromatic heterocycles. The maximum atomic E-state index is 12.0. The van der Waals surface area contributed by atoms with Gasteiger partial charge in [0.2, 0.25) is 5.76 Å². The van der Waals surface area contributed by atoms with Crippen molar-refractivity contribution in [3.8, 4) is 0 Å². The van der Waals surface area contributed by atoms with Gasteiger partial charge in [-0.3, -0.25) is 9.48 Å². The Kier molecular flexibility index (Phi) is 5.48. The van der Waals surface area contributed by atoms with Crippen LogP contribution in [-0.2, 0) is 16.1 Å². The quantitative estimate of drug-likeness (QED) is 0.660. The molecule has 1 unspecified atom stereocenters. The molecule has 0 radical (unpaired) electrons. The highest BCUT2D eigenvalue weighted by molar-refractivity contribution is 5.88. The van der Waals surface area contributed by atoms with E-state index in [0.717, 1.165) is 5.56 Å². The number of carbonyl (C=O) groups is 2. The number of nitrogens with one attached hydrogen (secondary N) is 1. The van der Waals surface area contributed by atoms with Crippen LogP contribution in [0.1, 0.15) is 34.8 Å². The molecule has 0 saturated carbocycles. The lowest BCUT2D eigenvalue weighted by molar-refractivity contribution is -0.124. The van der Waals surface area contributed by atoms with E-state index in [1.807, 2.05) is 37.3 Å². The third-order valence-corrected chi connectivity index (χ3v) is 3.75. The third-order valence-electron chi connectivity index (χ3n) is 3.75. The molecule has 26 heavy (non-hydrogen) atoms. The average molecular weight is 353 g/mol. The molecule has 0 fully saturated rings. The summed E-state index contributed by atoms with van der Waals surface area (Å²) in [5.74, 6) is -0.434. The standard InChI is InChI=1S/C19H19N3O4/c1-14(15-6-3-2-4-7-15)21-18(23)13-25-19(24)17-9-8-16(26-17)12-22-11-5-10-20-22/h2-11,14H,12-13H2,1H3,(H,21,23). The summed E-state index contributed by atoms with van der Waals surface area (Å²) >= 11 is 0. The first kappa shape index (κ1) is 17.5. The van der Waals surface area contributed by atoms with Gasteiger partial charge >= 0.3 is 5.97 Å². The van der Waals surface area contributed by atoms with Crippen molar-refractivity contribution in [1.82, 2.24) is 15.1 Å². The van der Waals surface area contributed by atoms with Crippen LogP contribution in [0.5, 0.6) is 0 Å². The van der Waals surface area contributed by atoms with E-state index in [-0.39, 0.29) is 24.3 Å². The number of esters is 1. The Hall–Kier alpha value is -3.35. The average Bonchev–Trinajstić information content (AvgIpc) is 3.33. The van der Waals surface area contributed by atoms with Gasteiger partial charge in [0.1, 0.15) is 5.76 Å². The molecule has 0 spiro atoms. The summed E-state index contributed by atoms with van der Waals surface area (Å²) in [6.45, 7) is 1.91. The maximum Gasteiger partial charge on any atom is 0.374 e. The first-order chi connectivity index (χ1) is 12.6. The highest BCUT2D eigenvalue weighted by atomic mass is 16.5. The molecule has 1 amide bonds. The molecule has 7 nitrogen and oxygen atoms in total. The largest absolute Gasteiger partial charge is 0.452 e. The monoisotopic (exact) mass is 353 g/mol. The molecule has 0 bridgehead atoms. The Morgan fingerprint density at radius 3 is 2.73 bits per heavy atom. The summed E-state index contributed by atoms with van der Waals surface area (Å²) in [4.78, 5) is 24.0. The normalized spacial score (nSPS) is 11.7. The molecule has 7 heteroatoms. The Morgan fingerprint density at radius 2 is 2.00 bits per heavy atom. The lowest BCUT2D eigenvalue weighted by Crippen LogP contribution is -2.31. The smallest absolute Gasteiger partial charge is 0.374 e. The highest BCUT2D eigenvalue weighted by Gasteiger charge is 2.16. The van der Waals surface area contributed by atoms with Crippen molar-refractivity contribution in [2.45, 2.75) is 19.5 Å². The lowest BCUT2D eigenvalue weighted by atomic mass is 10.1. The summed E-state index contributed by atoms with van der Waals surface area (Å²) in [5.41, 5.74) is 0.974. The van der Waals surface area contributed by atoms with E-state index in [0.29, 0.717) is 12.3 Å². The molecule has 0 aliphatic heterocycles. The molecule has 1 N–H and O–H groups in total. The van der Waals surface area contributed by atoms with Crippen molar-refractivity contribution in [1.29, 1.82) is 0 Å². The van der Waals surface area contributed by atoms with E-state index >= 15 is 0 Å². The molecule has 0 saturated heterocycles. The number of nitrogens with zero attached hydrogens (tertiary/aromatic N) is 2. The first-order valence-corrected chi connectivity index (χ1v) is 8.19. The van der Waals surface area contributed by atoms with Gasteiger partial charge in [-0.25, -0.2) is 4.79 Å². The van der Waals surface area contributed by atoms with Gasteiger partial charge in [-0.2, -0.15) is 5.10 Å². The van der Waals surface area contributed by atoms with Crippen LogP contribution < -0.4 is 5.32 Å². The topological polar surface area (TPSA) is 86.4 Å². The fourth-order valence-corrected chi connectivity index (χ4v) is 2.44. The van der Waals surface area contributed by atoms with E-state index in [9.17, 15) is 9.59 Å². The Morgan fingerprint density at radius 1 is 1.19 bits per heavy atom. The number of benzene rings is 1. The number of hydrogen-bond acceptors (Lipinski definition) is 5. The van der Waals surface area contributed by atoms with Crippen LogP contribution in [0.25, 0.3) is 0 Å². The molecule has 3 aromatic rings. The van der Waals surface area contributed by atoms with Crippen molar-refractivity contribution < 1.29 is 18.7 Å². The van der Waals surface area contributed by atoms with Crippen molar-refractivity contribution in [2.24, 2.45) is 0 Å². The van der Waals surface area contributed by atoms with Crippen LogP contribution in [-0.4, -0.2) is 28.3 Å². The molecule has 1 atom stereocenters. The van der Waals surface area contributed by atoms with Crippen molar-refractivity contribution in [2.75, 3.05) is 6.61 Å². The zero-order valence-electron chi connectivity index (χ0n) is 14.3. The summed E-state index contributed by atoms with van der Waals surface area (Å²) in [7, 11) is 0. The van der Waals surface area contributed by atoms with E-state index in [1.54, 1.807) is 29.2 Å². The minimum Gasteiger partial charge on any atom is -0.452 e. The van der Waals surface area contributed by atoms with Gasteiger partial charge in [-0.15, -0.1) is 0 Å². The number of amides is 1. The molecule has 1 aromatic carbocycles. The molecule has 2 heterocycles. The number of hydrogen-bond donors (Lipinski definition) is 1. The summed E-state index contributed by atoms with van der Waals surface area (Å²) in [5, 5.41) is 6.84. The van der Waals surface area contributed by atoms with Gasteiger partial charge in [0.15, 0.2) is 6.61 Å².